The Labute approximate surface area is 118 Å². The molecule has 0 saturated carbocycles. The number of sulfonamides is 1. The molecule has 0 bridgehead atoms. The van der Waals surface area contributed by atoms with Crippen LogP contribution >= 0.6 is 0 Å². The third-order valence-corrected chi connectivity index (χ3v) is 4.76. The van der Waals surface area contributed by atoms with Gasteiger partial charge >= 0.3 is 0 Å². The van der Waals surface area contributed by atoms with E-state index in [4.69, 9.17) is 0 Å². The summed E-state index contributed by atoms with van der Waals surface area (Å²) in [4.78, 5) is 0.0988. The highest BCUT2D eigenvalue weighted by molar-refractivity contribution is 7.89. The quantitative estimate of drug-likeness (QED) is 0.941. The second kappa shape index (κ2) is 5.73. The van der Waals surface area contributed by atoms with Crippen molar-refractivity contribution in [3.63, 3.8) is 0 Å². The topological polar surface area (TPSA) is 46.2 Å². The smallest absolute Gasteiger partial charge is 0.207 e. The Bertz CT molecular complexity index is 699. The molecule has 20 heavy (non-hydrogen) atoms. The van der Waals surface area contributed by atoms with Crippen LogP contribution in [-0.2, 0) is 10.0 Å². The van der Waals surface area contributed by atoms with Crippen LogP contribution in [0.5, 0.6) is 0 Å². The summed E-state index contributed by atoms with van der Waals surface area (Å²) < 4.78 is 40.3. The van der Waals surface area contributed by atoms with Crippen LogP contribution in [0.3, 0.4) is 0 Å². The van der Waals surface area contributed by atoms with E-state index in [0.29, 0.717) is 5.56 Å². The van der Waals surface area contributed by atoms with Crippen molar-refractivity contribution >= 4 is 10.0 Å². The Morgan fingerprint density at radius 3 is 2.35 bits per heavy atom. The first-order valence-electron chi connectivity index (χ1n) is 6.23. The molecular weight excluding hydrogens is 277 g/mol. The molecule has 3 nitrogen and oxygen atoms in total. The first-order valence-corrected chi connectivity index (χ1v) is 7.72. The molecule has 0 aliphatic heterocycles. The molecule has 0 spiro atoms. The van der Waals surface area contributed by atoms with Crippen molar-refractivity contribution in [2.75, 3.05) is 0 Å². The number of hydrogen-bond acceptors (Lipinski definition) is 2. The van der Waals surface area contributed by atoms with Crippen LogP contribution < -0.4 is 4.72 Å². The maximum Gasteiger partial charge on any atom is 0.241 e. The van der Waals surface area contributed by atoms with Gasteiger partial charge in [-0.3, -0.25) is 0 Å². The molecule has 2 aromatic rings. The third kappa shape index (κ3) is 3.23. The molecule has 0 aliphatic rings. The van der Waals surface area contributed by atoms with Crippen LogP contribution in [0.1, 0.15) is 24.1 Å². The van der Waals surface area contributed by atoms with Crippen molar-refractivity contribution in [3.8, 4) is 0 Å². The van der Waals surface area contributed by atoms with Crippen molar-refractivity contribution in [2.45, 2.75) is 24.8 Å². The van der Waals surface area contributed by atoms with Crippen molar-refractivity contribution in [3.05, 3.63) is 65.5 Å². The second-order valence-corrected chi connectivity index (χ2v) is 6.35. The summed E-state index contributed by atoms with van der Waals surface area (Å²) >= 11 is 0. The van der Waals surface area contributed by atoms with E-state index < -0.39 is 15.8 Å². The fraction of sp³-hybridized carbons (Fsp3) is 0.200. The Balaban J connectivity index is 2.28. The minimum absolute atomic E-state index is 0.0988. The van der Waals surface area contributed by atoms with Gasteiger partial charge in [-0.15, -0.1) is 0 Å². The maximum absolute atomic E-state index is 13.0. The van der Waals surface area contributed by atoms with Gasteiger partial charge in [0.1, 0.15) is 5.82 Å². The highest BCUT2D eigenvalue weighted by Crippen LogP contribution is 2.20. The SMILES string of the molecule is Cc1cc(F)ccc1S(=O)(=O)NC(C)c1ccccc1. The summed E-state index contributed by atoms with van der Waals surface area (Å²) in [7, 11) is -3.67. The summed E-state index contributed by atoms with van der Waals surface area (Å²) in [5.41, 5.74) is 1.26. The average Bonchev–Trinajstić information content (AvgIpc) is 2.38. The largest absolute Gasteiger partial charge is 0.241 e. The fourth-order valence-corrected chi connectivity index (χ4v) is 3.48. The molecule has 0 amide bonds. The van der Waals surface area contributed by atoms with Crippen molar-refractivity contribution in [1.29, 1.82) is 0 Å². The van der Waals surface area contributed by atoms with E-state index >= 15 is 0 Å². The molecule has 2 rings (SSSR count). The van der Waals surface area contributed by atoms with Gasteiger partial charge < -0.3 is 0 Å². The standard InChI is InChI=1S/C15H16FNO2S/c1-11-10-14(16)8-9-15(11)20(18,19)17-12(2)13-6-4-3-5-7-13/h3-10,12,17H,1-2H3. The molecule has 0 aromatic heterocycles. The highest BCUT2D eigenvalue weighted by atomic mass is 32.2. The molecule has 0 heterocycles. The molecule has 2 aromatic carbocycles. The van der Waals surface area contributed by atoms with Gasteiger partial charge in [-0.25, -0.2) is 17.5 Å². The van der Waals surface area contributed by atoms with Gasteiger partial charge in [-0.05, 0) is 43.2 Å². The number of aryl methyl sites for hydroxylation is 1. The van der Waals surface area contributed by atoms with E-state index in [1.54, 1.807) is 13.8 Å². The van der Waals surface area contributed by atoms with Crippen molar-refractivity contribution < 1.29 is 12.8 Å². The first-order chi connectivity index (χ1) is 9.40. The van der Waals surface area contributed by atoms with Gasteiger partial charge in [0.2, 0.25) is 10.0 Å². The molecule has 1 unspecified atom stereocenters. The number of hydrogen-bond donors (Lipinski definition) is 1. The summed E-state index contributed by atoms with van der Waals surface area (Å²) in [6.07, 6.45) is 0. The monoisotopic (exact) mass is 293 g/mol. The number of benzene rings is 2. The Kier molecular flexibility index (Phi) is 4.20. The van der Waals surface area contributed by atoms with Gasteiger partial charge in [-0.2, -0.15) is 0 Å². The lowest BCUT2D eigenvalue weighted by atomic mass is 10.1. The third-order valence-electron chi connectivity index (χ3n) is 3.06. The van der Waals surface area contributed by atoms with Crippen molar-refractivity contribution in [1.82, 2.24) is 4.72 Å². The van der Waals surface area contributed by atoms with E-state index in [1.807, 2.05) is 30.3 Å². The van der Waals surface area contributed by atoms with Crippen LogP contribution in [0.4, 0.5) is 4.39 Å². The van der Waals surface area contributed by atoms with E-state index in [-0.39, 0.29) is 10.9 Å². The van der Waals surface area contributed by atoms with Crippen LogP contribution in [0, 0.1) is 12.7 Å². The lowest BCUT2D eigenvalue weighted by molar-refractivity contribution is 0.565. The zero-order valence-corrected chi connectivity index (χ0v) is 12.1. The van der Waals surface area contributed by atoms with Gasteiger partial charge in [0.05, 0.1) is 4.90 Å². The Hall–Kier alpha value is -1.72. The molecule has 0 aliphatic carbocycles. The summed E-state index contributed by atoms with van der Waals surface area (Å²) in [6.45, 7) is 3.34. The molecular formula is C15H16FNO2S. The predicted molar refractivity (Wildman–Crippen MR) is 76.3 cm³/mol. The second-order valence-electron chi connectivity index (χ2n) is 4.66. The minimum Gasteiger partial charge on any atom is -0.207 e. The van der Waals surface area contributed by atoms with E-state index in [1.165, 1.54) is 12.1 Å². The molecule has 0 saturated heterocycles. The van der Waals surface area contributed by atoms with Gasteiger partial charge in [0, 0.05) is 6.04 Å². The normalized spacial score (nSPS) is 13.2. The lowest BCUT2D eigenvalue weighted by Crippen LogP contribution is -2.27. The van der Waals surface area contributed by atoms with Crippen LogP contribution in [0.25, 0.3) is 0 Å². The van der Waals surface area contributed by atoms with Crippen molar-refractivity contribution in [2.24, 2.45) is 0 Å². The summed E-state index contributed by atoms with van der Waals surface area (Å²) in [6, 6.07) is 12.6. The van der Waals surface area contributed by atoms with E-state index in [2.05, 4.69) is 4.72 Å². The molecule has 0 fully saturated rings. The molecule has 1 atom stereocenters. The van der Waals surface area contributed by atoms with Crippen LogP contribution in [0.15, 0.2) is 53.4 Å². The van der Waals surface area contributed by atoms with E-state index in [0.717, 1.165) is 11.6 Å². The zero-order chi connectivity index (χ0) is 14.8. The number of rotatable bonds is 4. The van der Waals surface area contributed by atoms with Gasteiger partial charge in [0.25, 0.3) is 0 Å². The predicted octanol–water partition coefficient (Wildman–Crippen LogP) is 3.17. The highest BCUT2D eigenvalue weighted by Gasteiger charge is 2.20. The average molecular weight is 293 g/mol. The lowest BCUT2D eigenvalue weighted by Gasteiger charge is -2.15. The molecule has 0 radical (unpaired) electrons. The summed E-state index contributed by atoms with van der Waals surface area (Å²) in [5, 5.41) is 0. The molecule has 5 heteroatoms. The number of halogens is 1. The summed E-state index contributed by atoms with van der Waals surface area (Å²) in [5.74, 6) is -0.447. The molecule has 1 N–H and O–H groups in total. The number of nitrogens with one attached hydrogen (secondary N) is 1. The van der Waals surface area contributed by atoms with Crippen LogP contribution in [0.2, 0.25) is 0 Å². The minimum atomic E-state index is -3.67. The van der Waals surface area contributed by atoms with Gasteiger partial charge in [-0.1, -0.05) is 30.3 Å². The van der Waals surface area contributed by atoms with Crippen LogP contribution in [-0.4, -0.2) is 8.42 Å². The van der Waals surface area contributed by atoms with E-state index in [9.17, 15) is 12.8 Å². The first kappa shape index (κ1) is 14.7. The molecule has 106 valence electrons. The maximum atomic E-state index is 13.0. The Morgan fingerprint density at radius 1 is 1.10 bits per heavy atom. The van der Waals surface area contributed by atoms with Gasteiger partial charge in [0.15, 0.2) is 0 Å². The zero-order valence-electron chi connectivity index (χ0n) is 11.3. The Morgan fingerprint density at radius 2 is 1.75 bits per heavy atom. The fourth-order valence-electron chi connectivity index (χ4n) is 2.02.